The summed E-state index contributed by atoms with van der Waals surface area (Å²) < 4.78 is 0. The number of rotatable bonds is 2. The Balaban J connectivity index is 3.03. The molecule has 0 fully saturated rings. The lowest BCUT2D eigenvalue weighted by atomic mass is 9.77. The van der Waals surface area contributed by atoms with Crippen molar-refractivity contribution in [1.82, 2.24) is 5.32 Å². The maximum atomic E-state index is 11.5. The van der Waals surface area contributed by atoms with Gasteiger partial charge in [-0.3, -0.25) is 4.79 Å². The first-order valence-corrected chi connectivity index (χ1v) is 5.68. The van der Waals surface area contributed by atoms with E-state index < -0.39 is 0 Å². The second kappa shape index (κ2) is 4.69. The molecule has 0 radical (unpaired) electrons. The van der Waals surface area contributed by atoms with Crippen LogP contribution in [-0.2, 0) is 0 Å². The van der Waals surface area contributed by atoms with Crippen LogP contribution in [0, 0.1) is 5.41 Å². The number of benzene rings is 1. The number of carbonyl (C=O) groups excluding carboxylic acids is 1. The Morgan fingerprint density at radius 1 is 1.31 bits per heavy atom. The van der Waals surface area contributed by atoms with E-state index in [4.69, 9.17) is 0 Å². The number of nitrogens with one attached hydrogen (secondary N) is 1. The molecule has 2 nitrogen and oxygen atoms in total. The summed E-state index contributed by atoms with van der Waals surface area (Å²) in [6.07, 6.45) is 0. The van der Waals surface area contributed by atoms with E-state index in [9.17, 15) is 4.79 Å². The minimum Gasteiger partial charge on any atom is -0.355 e. The molecule has 0 spiro atoms. The number of carbonyl (C=O) groups is 1. The van der Waals surface area contributed by atoms with Crippen molar-refractivity contribution < 1.29 is 4.79 Å². The van der Waals surface area contributed by atoms with Crippen molar-refractivity contribution in [3.63, 3.8) is 0 Å². The molecular weight excluding hydrogens is 198 g/mol. The monoisotopic (exact) mass is 219 g/mol. The van der Waals surface area contributed by atoms with Crippen LogP contribution in [0.1, 0.15) is 49.5 Å². The topological polar surface area (TPSA) is 29.1 Å². The first-order chi connectivity index (χ1) is 7.36. The second-order valence-corrected chi connectivity index (χ2v) is 5.29. The molecule has 0 bridgehead atoms. The van der Waals surface area contributed by atoms with Crippen molar-refractivity contribution >= 4 is 5.91 Å². The summed E-state index contributed by atoms with van der Waals surface area (Å²) in [6, 6.07) is 7.86. The van der Waals surface area contributed by atoms with E-state index in [0.717, 1.165) is 5.56 Å². The zero-order chi connectivity index (χ0) is 12.3. The van der Waals surface area contributed by atoms with Crippen LogP contribution in [0.3, 0.4) is 0 Å². The van der Waals surface area contributed by atoms with Crippen molar-refractivity contribution in [1.29, 1.82) is 0 Å². The van der Waals surface area contributed by atoms with Gasteiger partial charge in [0.05, 0.1) is 0 Å². The largest absolute Gasteiger partial charge is 0.355 e. The van der Waals surface area contributed by atoms with Gasteiger partial charge in [0.1, 0.15) is 0 Å². The molecule has 16 heavy (non-hydrogen) atoms. The lowest BCUT2D eigenvalue weighted by molar-refractivity contribution is 0.0963. The van der Waals surface area contributed by atoms with E-state index in [1.807, 2.05) is 18.2 Å². The fourth-order valence-electron chi connectivity index (χ4n) is 1.59. The molecule has 1 aromatic carbocycles. The molecule has 1 atom stereocenters. The summed E-state index contributed by atoms with van der Waals surface area (Å²) in [5.41, 5.74) is 2.16. The van der Waals surface area contributed by atoms with Crippen molar-refractivity contribution in [2.45, 2.75) is 33.6 Å². The lowest BCUT2D eigenvalue weighted by Crippen LogP contribution is -2.19. The molecule has 88 valence electrons. The van der Waals surface area contributed by atoms with Crippen molar-refractivity contribution in [3.8, 4) is 0 Å². The second-order valence-electron chi connectivity index (χ2n) is 5.29. The maximum Gasteiger partial charge on any atom is 0.251 e. The summed E-state index contributed by atoms with van der Waals surface area (Å²) in [6.45, 7) is 8.83. The van der Waals surface area contributed by atoms with Crippen LogP contribution in [0.2, 0.25) is 0 Å². The molecule has 1 rings (SSSR count). The predicted molar refractivity (Wildman–Crippen MR) is 67.7 cm³/mol. The number of amides is 1. The highest BCUT2D eigenvalue weighted by Gasteiger charge is 2.22. The van der Waals surface area contributed by atoms with Crippen LogP contribution < -0.4 is 5.32 Å². The standard InChI is InChI=1S/C14H21NO/c1-10(14(2,3)4)11-7-6-8-12(9-11)13(16)15-5/h6-10H,1-5H3,(H,15,16). The van der Waals surface area contributed by atoms with Gasteiger partial charge in [0, 0.05) is 12.6 Å². The molecule has 1 unspecified atom stereocenters. The third-order valence-corrected chi connectivity index (χ3v) is 3.17. The Morgan fingerprint density at radius 3 is 2.44 bits per heavy atom. The summed E-state index contributed by atoms with van der Waals surface area (Å²) >= 11 is 0. The van der Waals surface area contributed by atoms with Gasteiger partial charge in [0.25, 0.3) is 5.91 Å². The number of hydrogen-bond acceptors (Lipinski definition) is 1. The third-order valence-electron chi connectivity index (χ3n) is 3.17. The summed E-state index contributed by atoms with van der Waals surface area (Å²) in [7, 11) is 1.65. The third kappa shape index (κ3) is 2.84. The summed E-state index contributed by atoms with van der Waals surface area (Å²) in [5.74, 6) is 0.403. The van der Waals surface area contributed by atoms with Crippen LogP contribution in [0.4, 0.5) is 0 Å². The molecule has 0 saturated heterocycles. The van der Waals surface area contributed by atoms with Crippen molar-refractivity contribution in [3.05, 3.63) is 35.4 Å². The highest BCUT2D eigenvalue weighted by Crippen LogP contribution is 2.34. The van der Waals surface area contributed by atoms with Crippen LogP contribution in [0.25, 0.3) is 0 Å². The van der Waals surface area contributed by atoms with Gasteiger partial charge in [-0.15, -0.1) is 0 Å². The zero-order valence-electron chi connectivity index (χ0n) is 10.8. The fourth-order valence-corrected chi connectivity index (χ4v) is 1.59. The lowest BCUT2D eigenvalue weighted by Gasteiger charge is -2.27. The molecule has 1 amide bonds. The first-order valence-electron chi connectivity index (χ1n) is 5.68. The normalized spacial score (nSPS) is 13.3. The molecule has 0 aromatic heterocycles. The molecule has 0 aliphatic carbocycles. The maximum absolute atomic E-state index is 11.5. The molecule has 0 aliphatic rings. The Kier molecular flexibility index (Phi) is 3.74. The Bertz CT molecular complexity index is 377. The van der Waals surface area contributed by atoms with Crippen LogP contribution in [0.5, 0.6) is 0 Å². The average Bonchev–Trinajstić information content (AvgIpc) is 2.26. The molecule has 1 N–H and O–H groups in total. The molecule has 0 heterocycles. The highest BCUT2D eigenvalue weighted by molar-refractivity contribution is 5.94. The summed E-state index contributed by atoms with van der Waals surface area (Å²) in [5, 5.41) is 2.65. The van der Waals surface area contributed by atoms with Gasteiger partial charge in [-0.1, -0.05) is 39.8 Å². The van der Waals surface area contributed by atoms with Crippen LogP contribution in [0.15, 0.2) is 24.3 Å². The van der Waals surface area contributed by atoms with E-state index in [2.05, 4.69) is 39.1 Å². The van der Waals surface area contributed by atoms with Gasteiger partial charge in [-0.25, -0.2) is 0 Å². The van der Waals surface area contributed by atoms with Crippen LogP contribution in [-0.4, -0.2) is 13.0 Å². The van der Waals surface area contributed by atoms with Gasteiger partial charge < -0.3 is 5.32 Å². The van der Waals surface area contributed by atoms with Gasteiger partial charge >= 0.3 is 0 Å². The Hall–Kier alpha value is -1.31. The SMILES string of the molecule is CNC(=O)c1cccc(C(C)C(C)(C)C)c1. The predicted octanol–water partition coefficient (Wildman–Crippen LogP) is 3.20. The van der Waals surface area contributed by atoms with Gasteiger partial charge in [-0.05, 0) is 29.0 Å². The van der Waals surface area contributed by atoms with E-state index >= 15 is 0 Å². The minimum atomic E-state index is -0.0250. The minimum absolute atomic E-state index is 0.0250. The van der Waals surface area contributed by atoms with Gasteiger partial charge in [0.2, 0.25) is 0 Å². The van der Waals surface area contributed by atoms with Crippen LogP contribution >= 0.6 is 0 Å². The van der Waals surface area contributed by atoms with Crippen molar-refractivity contribution in [2.75, 3.05) is 7.05 Å². The summed E-state index contributed by atoms with van der Waals surface area (Å²) in [4.78, 5) is 11.5. The van der Waals surface area contributed by atoms with Gasteiger partial charge in [-0.2, -0.15) is 0 Å². The molecule has 2 heteroatoms. The van der Waals surface area contributed by atoms with E-state index in [-0.39, 0.29) is 11.3 Å². The smallest absolute Gasteiger partial charge is 0.251 e. The zero-order valence-corrected chi connectivity index (χ0v) is 10.8. The van der Waals surface area contributed by atoms with E-state index in [0.29, 0.717) is 5.92 Å². The molecule has 0 saturated carbocycles. The number of hydrogen-bond donors (Lipinski definition) is 1. The van der Waals surface area contributed by atoms with Crippen molar-refractivity contribution in [2.24, 2.45) is 5.41 Å². The van der Waals surface area contributed by atoms with Gasteiger partial charge in [0.15, 0.2) is 0 Å². The fraction of sp³-hybridized carbons (Fsp3) is 0.500. The average molecular weight is 219 g/mol. The highest BCUT2D eigenvalue weighted by atomic mass is 16.1. The Morgan fingerprint density at radius 2 is 1.94 bits per heavy atom. The van der Waals surface area contributed by atoms with E-state index in [1.165, 1.54) is 5.56 Å². The molecule has 0 aliphatic heterocycles. The first kappa shape index (κ1) is 12.8. The quantitative estimate of drug-likeness (QED) is 0.813. The van der Waals surface area contributed by atoms with E-state index in [1.54, 1.807) is 7.05 Å². The Labute approximate surface area is 98.1 Å². The molecular formula is C14H21NO. The molecule has 1 aromatic rings.